The highest BCUT2D eigenvalue weighted by Crippen LogP contribution is 2.29. The van der Waals surface area contributed by atoms with Crippen molar-refractivity contribution < 1.29 is 4.79 Å². The lowest BCUT2D eigenvalue weighted by molar-refractivity contribution is 0.0777. The highest BCUT2D eigenvalue weighted by atomic mass is 16.2. The van der Waals surface area contributed by atoms with Gasteiger partial charge >= 0.3 is 0 Å². The van der Waals surface area contributed by atoms with Gasteiger partial charge in [-0.3, -0.25) is 4.79 Å². The molecular formula is C17H22N4O. The second-order valence-corrected chi connectivity index (χ2v) is 6.45. The molecule has 0 spiro atoms. The van der Waals surface area contributed by atoms with Crippen LogP contribution in [0, 0.1) is 12.3 Å². The van der Waals surface area contributed by atoms with Crippen LogP contribution >= 0.6 is 0 Å². The Kier molecular flexibility index (Phi) is 3.74. The van der Waals surface area contributed by atoms with E-state index in [9.17, 15) is 4.79 Å². The van der Waals surface area contributed by atoms with Gasteiger partial charge in [0.25, 0.3) is 5.91 Å². The van der Waals surface area contributed by atoms with Crippen molar-refractivity contribution in [3.63, 3.8) is 0 Å². The van der Waals surface area contributed by atoms with Gasteiger partial charge in [0.15, 0.2) is 0 Å². The third-order valence-electron chi connectivity index (χ3n) is 4.53. The molecule has 5 heteroatoms. The van der Waals surface area contributed by atoms with E-state index in [0.29, 0.717) is 12.1 Å². The predicted molar refractivity (Wildman–Crippen MR) is 86.0 cm³/mol. The van der Waals surface area contributed by atoms with Crippen LogP contribution in [-0.4, -0.2) is 40.2 Å². The first-order valence-corrected chi connectivity index (χ1v) is 7.62. The smallest absolute Gasteiger partial charge is 0.257 e. The standard InChI is InChI=1S/C17H22N4O/c1-13-5-3-4-6-15(13)21-10-14(9-19-21)16(22)20-8-7-17(2,11-18)12-20/h3-6,9-10H,7-8,11-12,18H2,1-2H3. The Bertz CT molecular complexity index is 693. The van der Waals surface area contributed by atoms with E-state index < -0.39 is 0 Å². The van der Waals surface area contributed by atoms with Crippen LogP contribution in [0.1, 0.15) is 29.3 Å². The molecule has 2 N–H and O–H groups in total. The molecular weight excluding hydrogens is 276 g/mol. The first-order valence-electron chi connectivity index (χ1n) is 7.62. The molecule has 1 unspecified atom stereocenters. The first-order chi connectivity index (χ1) is 10.5. The SMILES string of the molecule is Cc1ccccc1-n1cc(C(=O)N2CCC(C)(CN)C2)cn1. The molecule has 22 heavy (non-hydrogen) atoms. The second-order valence-electron chi connectivity index (χ2n) is 6.45. The van der Waals surface area contributed by atoms with Crippen molar-refractivity contribution in [3.8, 4) is 5.69 Å². The Morgan fingerprint density at radius 2 is 2.18 bits per heavy atom. The summed E-state index contributed by atoms with van der Waals surface area (Å²) < 4.78 is 1.76. The van der Waals surface area contributed by atoms with Gasteiger partial charge in [0.05, 0.1) is 17.4 Å². The highest BCUT2D eigenvalue weighted by molar-refractivity contribution is 5.94. The third-order valence-corrected chi connectivity index (χ3v) is 4.53. The number of hydrogen-bond donors (Lipinski definition) is 1. The zero-order valence-electron chi connectivity index (χ0n) is 13.1. The Morgan fingerprint density at radius 1 is 1.41 bits per heavy atom. The van der Waals surface area contributed by atoms with Crippen molar-refractivity contribution in [2.24, 2.45) is 11.1 Å². The molecule has 0 bridgehead atoms. The number of benzene rings is 1. The van der Waals surface area contributed by atoms with Gasteiger partial charge in [-0.05, 0) is 36.9 Å². The van der Waals surface area contributed by atoms with Gasteiger partial charge in [0, 0.05) is 19.3 Å². The number of aromatic nitrogens is 2. The second kappa shape index (κ2) is 5.57. The number of rotatable bonds is 3. The monoisotopic (exact) mass is 298 g/mol. The fraction of sp³-hybridized carbons (Fsp3) is 0.412. The van der Waals surface area contributed by atoms with Crippen LogP contribution < -0.4 is 5.73 Å². The molecule has 1 saturated heterocycles. The van der Waals surface area contributed by atoms with Crippen LogP contribution in [0.4, 0.5) is 0 Å². The number of carbonyl (C=O) groups excluding carboxylic acids is 1. The molecule has 2 aromatic rings. The zero-order valence-corrected chi connectivity index (χ0v) is 13.1. The molecule has 2 heterocycles. The lowest BCUT2D eigenvalue weighted by Crippen LogP contribution is -2.34. The molecule has 1 aromatic heterocycles. The van der Waals surface area contributed by atoms with Gasteiger partial charge in [-0.15, -0.1) is 0 Å². The zero-order chi connectivity index (χ0) is 15.7. The van der Waals surface area contributed by atoms with E-state index in [1.54, 1.807) is 10.9 Å². The van der Waals surface area contributed by atoms with Crippen LogP contribution in [0.15, 0.2) is 36.7 Å². The number of amides is 1. The number of likely N-dealkylation sites (tertiary alicyclic amines) is 1. The number of hydrogen-bond acceptors (Lipinski definition) is 3. The van der Waals surface area contributed by atoms with E-state index in [0.717, 1.165) is 30.8 Å². The predicted octanol–water partition coefficient (Wildman–Crippen LogP) is 1.99. The topological polar surface area (TPSA) is 64.2 Å². The normalized spacial score (nSPS) is 21.3. The largest absolute Gasteiger partial charge is 0.338 e. The molecule has 1 atom stereocenters. The van der Waals surface area contributed by atoms with Gasteiger partial charge < -0.3 is 10.6 Å². The number of nitrogens with zero attached hydrogens (tertiary/aromatic N) is 3. The quantitative estimate of drug-likeness (QED) is 0.942. The third kappa shape index (κ3) is 2.64. The summed E-state index contributed by atoms with van der Waals surface area (Å²) >= 11 is 0. The first kappa shape index (κ1) is 14.8. The molecule has 1 aromatic carbocycles. The summed E-state index contributed by atoms with van der Waals surface area (Å²) in [5.41, 5.74) is 8.61. The van der Waals surface area contributed by atoms with E-state index >= 15 is 0 Å². The summed E-state index contributed by atoms with van der Waals surface area (Å²) in [6, 6.07) is 7.99. The van der Waals surface area contributed by atoms with Crippen LogP contribution in [0.5, 0.6) is 0 Å². The molecule has 0 saturated carbocycles. The number of nitrogens with two attached hydrogens (primary N) is 1. The summed E-state index contributed by atoms with van der Waals surface area (Å²) in [5.74, 6) is 0.0389. The lowest BCUT2D eigenvalue weighted by Gasteiger charge is -2.22. The van der Waals surface area contributed by atoms with Crippen molar-refractivity contribution in [2.75, 3.05) is 19.6 Å². The number of aryl methyl sites for hydroxylation is 1. The Labute approximate surface area is 130 Å². The van der Waals surface area contributed by atoms with Crippen molar-refractivity contribution in [3.05, 3.63) is 47.8 Å². The Hall–Kier alpha value is -2.14. The van der Waals surface area contributed by atoms with Gasteiger partial charge in [-0.2, -0.15) is 5.10 Å². The fourth-order valence-electron chi connectivity index (χ4n) is 2.93. The summed E-state index contributed by atoms with van der Waals surface area (Å²) in [7, 11) is 0. The average Bonchev–Trinajstić information content (AvgIpc) is 3.15. The molecule has 0 aliphatic carbocycles. The number of para-hydroxylation sites is 1. The van der Waals surface area contributed by atoms with E-state index in [2.05, 4.69) is 12.0 Å². The van der Waals surface area contributed by atoms with Gasteiger partial charge in [-0.1, -0.05) is 25.1 Å². The average molecular weight is 298 g/mol. The van der Waals surface area contributed by atoms with Crippen molar-refractivity contribution >= 4 is 5.91 Å². The van der Waals surface area contributed by atoms with E-state index in [1.807, 2.05) is 42.3 Å². The van der Waals surface area contributed by atoms with Crippen LogP contribution in [0.2, 0.25) is 0 Å². The van der Waals surface area contributed by atoms with Gasteiger partial charge in [0.1, 0.15) is 0 Å². The molecule has 5 nitrogen and oxygen atoms in total. The maximum Gasteiger partial charge on any atom is 0.257 e. The maximum absolute atomic E-state index is 12.6. The molecule has 1 fully saturated rings. The number of carbonyl (C=O) groups is 1. The summed E-state index contributed by atoms with van der Waals surface area (Å²) in [5, 5.41) is 4.34. The van der Waals surface area contributed by atoms with Crippen LogP contribution in [0.3, 0.4) is 0 Å². The van der Waals surface area contributed by atoms with E-state index in [4.69, 9.17) is 5.73 Å². The minimum Gasteiger partial charge on any atom is -0.338 e. The summed E-state index contributed by atoms with van der Waals surface area (Å²) in [6.45, 7) is 6.27. The van der Waals surface area contributed by atoms with Crippen molar-refractivity contribution in [1.82, 2.24) is 14.7 Å². The van der Waals surface area contributed by atoms with E-state index in [1.165, 1.54) is 0 Å². The molecule has 3 rings (SSSR count). The minimum absolute atomic E-state index is 0.0389. The molecule has 0 radical (unpaired) electrons. The van der Waals surface area contributed by atoms with Crippen molar-refractivity contribution in [2.45, 2.75) is 20.3 Å². The molecule has 1 aliphatic heterocycles. The van der Waals surface area contributed by atoms with Gasteiger partial charge in [0.2, 0.25) is 0 Å². The molecule has 116 valence electrons. The van der Waals surface area contributed by atoms with Crippen molar-refractivity contribution in [1.29, 1.82) is 0 Å². The maximum atomic E-state index is 12.6. The lowest BCUT2D eigenvalue weighted by atomic mass is 9.90. The van der Waals surface area contributed by atoms with Crippen LogP contribution in [-0.2, 0) is 0 Å². The minimum atomic E-state index is 0.0389. The highest BCUT2D eigenvalue weighted by Gasteiger charge is 2.35. The van der Waals surface area contributed by atoms with E-state index in [-0.39, 0.29) is 11.3 Å². The van der Waals surface area contributed by atoms with Gasteiger partial charge in [-0.25, -0.2) is 4.68 Å². The fourth-order valence-corrected chi connectivity index (χ4v) is 2.93. The summed E-state index contributed by atoms with van der Waals surface area (Å²) in [6.07, 6.45) is 4.41. The summed E-state index contributed by atoms with van der Waals surface area (Å²) in [4.78, 5) is 14.5. The molecule has 1 aliphatic rings. The molecule has 1 amide bonds. The Balaban J connectivity index is 1.80. The van der Waals surface area contributed by atoms with Crippen LogP contribution in [0.25, 0.3) is 5.69 Å². The Morgan fingerprint density at radius 3 is 2.86 bits per heavy atom.